The molecule has 0 spiro atoms. The largest absolute Gasteiger partial charge is 0.444 e. The Kier molecular flexibility index (Phi) is 10.9. The smallest absolute Gasteiger partial charge is 0.416 e. The number of piperazine rings is 1. The number of carbonyl (C=O) groups is 3. The monoisotopic (exact) mass is 684 g/mol. The van der Waals surface area contributed by atoms with Gasteiger partial charge in [0, 0.05) is 19.7 Å². The number of hydrogen-bond acceptors (Lipinski definition) is 6. The van der Waals surface area contributed by atoms with E-state index in [1.165, 1.54) is 9.80 Å². The molecule has 3 amide bonds. The first-order chi connectivity index (χ1) is 22.8. The van der Waals surface area contributed by atoms with Crippen molar-refractivity contribution in [3.8, 4) is 0 Å². The average molecular weight is 685 g/mol. The first kappa shape index (κ1) is 35.5. The zero-order valence-electron chi connectivity index (χ0n) is 26.1. The van der Waals surface area contributed by atoms with Gasteiger partial charge in [-0.05, 0) is 74.4 Å². The molecule has 3 saturated heterocycles. The molecule has 3 aliphatic heterocycles. The van der Waals surface area contributed by atoms with E-state index in [-0.39, 0.29) is 56.5 Å². The molecule has 3 heterocycles. The van der Waals surface area contributed by atoms with Gasteiger partial charge < -0.3 is 25.0 Å². The van der Waals surface area contributed by atoms with Gasteiger partial charge >= 0.3 is 18.4 Å². The van der Waals surface area contributed by atoms with E-state index in [1.54, 1.807) is 17.0 Å². The van der Waals surface area contributed by atoms with Gasteiger partial charge in [-0.3, -0.25) is 14.5 Å². The number of fused-ring (bicyclic) bond motifs is 1. The number of halogens is 6. The Morgan fingerprint density at radius 2 is 1.60 bits per heavy atom. The molecule has 1 unspecified atom stereocenters. The number of benzene rings is 2. The lowest BCUT2D eigenvalue weighted by Crippen LogP contribution is -2.73. The van der Waals surface area contributed by atoms with E-state index < -0.39 is 59.9 Å². The van der Waals surface area contributed by atoms with Crippen molar-refractivity contribution < 1.29 is 50.2 Å². The molecular formula is C33H38F6N4O5. The SMILES string of the molecule is NCCCC[C@H]1C(=O)N(CC2CCCO2)C[C@@H]2N(C(=O)OCc3cc(C(F)(F)F)cc(C(F)(F)F)c3)C[C@H](Cc3ccccc3)C(=O)N21. The van der Waals surface area contributed by atoms with Gasteiger partial charge in [0.2, 0.25) is 11.8 Å². The molecule has 0 radical (unpaired) electrons. The molecular weight excluding hydrogens is 646 g/mol. The maximum absolute atomic E-state index is 14.1. The lowest BCUT2D eigenvalue weighted by atomic mass is 9.90. The molecule has 3 aliphatic rings. The summed E-state index contributed by atoms with van der Waals surface area (Å²) in [5.74, 6) is -1.41. The summed E-state index contributed by atoms with van der Waals surface area (Å²) < 4.78 is 91.9. The van der Waals surface area contributed by atoms with Gasteiger partial charge in [0.25, 0.3) is 0 Å². The van der Waals surface area contributed by atoms with E-state index in [0.717, 1.165) is 18.4 Å². The number of alkyl halides is 6. The summed E-state index contributed by atoms with van der Waals surface area (Å²) in [4.78, 5) is 46.1. The molecule has 0 aromatic heterocycles. The Bertz CT molecular complexity index is 1420. The molecule has 0 saturated carbocycles. The fourth-order valence-corrected chi connectivity index (χ4v) is 6.63. The maximum atomic E-state index is 14.1. The van der Waals surface area contributed by atoms with Crippen LogP contribution in [0.3, 0.4) is 0 Å². The second kappa shape index (κ2) is 14.7. The van der Waals surface area contributed by atoms with Crippen molar-refractivity contribution in [3.63, 3.8) is 0 Å². The summed E-state index contributed by atoms with van der Waals surface area (Å²) in [6.45, 7) is 0.0786. The fourth-order valence-electron chi connectivity index (χ4n) is 6.63. The number of rotatable bonds is 10. The van der Waals surface area contributed by atoms with Crippen LogP contribution in [0.1, 0.15) is 54.4 Å². The summed E-state index contributed by atoms with van der Waals surface area (Å²) in [5, 5.41) is 0. The van der Waals surface area contributed by atoms with Crippen molar-refractivity contribution in [2.45, 2.75) is 75.8 Å². The van der Waals surface area contributed by atoms with Gasteiger partial charge in [-0.25, -0.2) is 4.79 Å². The predicted octanol–water partition coefficient (Wildman–Crippen LogP) is 5.21. The van der Waals surface area contributed by atoms with Crippen molar-refractivity contribution in [1.29, 1.82) is 0 Å². The standard InChI is InChI=1S/C33H38F6N4O5/c34-32(35,36)24-14-22(15-25(16-24)33(37,38)39)20-48-31(46)42-17-23(13-21-7-2-1-3-8-21)29(44)43-27(10-4-5-11-40)30(45)41(19-28(42)43)18-26-9-6-12-47-26/h1-3,7-8,14-16,23,26-28H,4-6,9-13,17-20,40H2/t23-,26?,27-,28+/m0/s1. The minimum Gasteiger partial charge on any atom is -0.444 e. The van der Waals surface area contributed by atoms with Crippen LogP contribution in [0.25, 0.3) is 0 Å². The van der Waals surface area contributed by atoms with E-state index in [4.69, 9.17) is 15.2 Å². The minimum absolute atomic E-state index is 0.000117. The third-order valence-corrected chi connectivity index (χ3v) is 8.97. The average Bonchev–Trinajstić information content (AvgIpc) is 3.55. The van der Waals surface area contributed by atoms with Crippen LogP contribution < -0.4 is 5.73 Å². The highest BCUT2D eigenvalue weighted by atomic mass is 19.4. The van der Waals surface area contributed by atoms with E-state index in [1.807, 2.05) is 18.2 Å². The van der Waals surface area contributed by atoms with Crippen LogP contribution in [0.2, 0.25) is 0 Å². The second-order valence-corrected chi connectivity index (χ2v) is 12.4. The van der Waals surface area contributed by atoms with Gasteiger partial charge in [-0.2, -0.15) is 26.3 Å². The highest BCUT2D eigenvalue weighted by molar-refractivity contribution is 5.91. The van der Waals surface area contributed by atoms with Crippen molar-refractivity contribution in [3.05, 3.63) is 70.8 Å². The van der Waals surface area contributed by atoms with Crippen LogP contribution in [0.4, 0.5) is 31.1 Å². The number of amides is 3. The molecule has 0 bridgehead atoms. The molecule has 2 aromatic rings. The van der Waals surface area contributed by atoms with Crippen molar-refractivity contribution in [2.75, 3.05) is 32.8 Å². The Labute approximate surface area is 273 Å². The van der Waals surface area contributed by atoms with E-state index >= 15 is 0 Å². The fraction of sp³-hybridized carbons (Fsp3) is 0.545. The normalized spacial score (nSPS) is 23.4. The van der Waals surface area contributed by atoms with Gasteiger partial charge in [0.1, 0.15) is 18.8 Å². The Morgan fingerprint density at radius 3 is 2.21 bits per heavy atom. The molecule has 262 valence electrons. The van der Waals surface area contributed by atoms with Crippen LogP contribution in [0.5, 0.6) is 0 Å². The summed E-state index contributed by atoms with van der Waals surface area (Å²) in [5.41, 5.74) is 2.94. The molecule has 3 fully saturated rings. The molecule has 5 rings (SSSR count). The molecule has 15 heteroatoms. The van der Waals surface area contributed by atoms with Crippen molar-refractivity contribution >= 4 is 17.9 Å². The second-order valence-electron chi connectivity index (χ2n) is 12.4. The quantitative estimate of drug-likeness (QED) is 0.272. The molecule has 4 atom stereocenters. The van der Waals surface area contributed by atoms with Crippen molar-refractivity contribution in [1.82, 2.24) is 14.7 Å². The van der Waals surface area contributed by atoms with Crippen LogP contribution in [-0.4, -0.2) is 83.7 Å². The molecule has 9 nitrogen and oxygen atoms in total. The van der Waals surface area contributed by atoms with Crippen LogP contribution >= 0.6 is 0 Å². The lowest BCUT2D eigenvalue weighted by Gasteiger charge is -2.54. The molecule has 0 aliphatic carbocycles. The Balaban J connectivity index is 1.45. The van der Waals surface area contributed by atoms with E-state index in [0.29, 0.717) is 38.1 Å². The highest BCUT2D eigenvalue weighted by Crippen LogP contribution is 2.37. The zero-order chi connectivity index (χ0) is 34.6. The zero-order valence-corrected chi connectivity index (χ0v) is 26.1. The predicted molar refractivity (Wildman–Crippen MR) is 160 cm³/mol. The van der Waals surface area contributed by atoms with Gasteiger partial charge in [0.15, 0.2) is 0 Å². The number of hydrogen-bond donors (Lipinski definition) is 1. The number of unbranched alkanes of at least 4 members (excludes halogenated alkanes) is 1. The van der Waals surface area contributed by atoms with Crippen LogP contribution in [0, 0.1) is 5.92 Å². The maximum Gasteiger partial charge on any atom is 0.416 e. The number of carbonyl (C=O) groups excluding carboxylic acids is 3. The highest BCUT2D eigenvalue weighted by Gasteiger charge is 2.52. The third-order valence-electron chi connectivity index (χ3n) is 8.97. The van der Waals surface area contributed by atoms with Gasteiger partial charge in [-0.15, -0.1) is 0 Å². The van der Waals surface area contributed by atoms with E-state index in [9.17, 15) is 40.7 Å². The number of nitrogens with zero attached hydrogens (tertiary/aromatic N) is 3. The number of nitrogens with two attached hydrogens (primary N) is 1. The molecule has 2 N–H and O–H groups in total. The first-order valence-electron chi connectivity index (χ1n) is 15.9. The van der Waals surface area contributed by atoms with Gasteiger partial charge in [0.05, 0.1) is 29.7 Å². The molecule has 2 aromatic carbocycles. The van der Waals surface area contributed by atoms with Gasteiger partial charge in [-0.1, -0.05) is 30.3 Å². The minimum atomic E-state index is -5.07. The third kappa shape index (κ3) is 8.23. The lowest BCUT2D eigenvalue weighted by molar-refractivity contribution is -0.174. The first-order valence-corrected chi connectivity index (χ1v) is 15.9. The van der Waals surface area contributed by atoms with Crippen molar-refractivity contribution in [2.24, 2.45) is 11.7 Å². The Hall–Kier alpha value is -3.85. The summed E-state index contributed by atoms with van der Waals surface area (Å²) in [6, 6.07) is 9.12. The summed E-state index contributed by atoms with van der Waals surface area (Å²) in [7, 11) is 0. The van der Waals surface area contributed by atoms with Crippen LogP contribution in [-0.2, 0) is 44.4 Å². The Morgan fingerprint density at radius 1 is 0.917 bits per heavy atom. The van der Waals surface area contributed by atoms with Crippen LogP contribution in [0.15, 0.2) is 48.5 Å². The number of ether oxygens (including phenoxy) is 2. The molecule has 48 heavy (non-hydrogen) atoms. The summed E-state index contributed by atoms with van der Waals surface area (Å²) >= 11 is 0. The van der Waals surface area contributed by atoms with E-state index in [2.05, 4.69) is 0 Å². The summed E-state index contributed by atoms with van der Waals surface area (Å²) in [6.07, 6.45) is -9.19. The topological polar surface area (TPSA) is 105 Å².